The lowest BCUT2D eigenvalue weighted by molar-refractivity contribution is -0.126. The molecule has 5 heteroatoms. The van der Waals surface area contributed by atoms with Crippen molar-refractivity contribution in [2.75, 3.05) is 39.3 Å². The van der Waals surface area contributed by atoms with Crippen molar-refractivity contribution in [1.82, 2.24) is 15.1 Å². The first kappa shape index (κ1) is 13.2. The number of carbonyl (C=O) groups excluding carboxylic acids is 1. The van der Waals surface area contributed by atoms with Gasteiger partial charge in [0.1, 0.15) is 5.71 Å². The van der Waals surface area contributed by atoms with Gasteiger partial charge in [-0.05, 0) is 13.8 Å². The number of nitrogens with one attached hydrogen (secondary N) is 1. The van der Waals surface area contributed by atoms with Crippen LogP contribution in [0.4, 0.5) is 0 Å². The molecule has 0 bridgehead atoms. The highest BCUT2D eigenvalue weighted by molar-refractivity contribution is 6.38. The quantitative estimate of drug-likeness (QED) is 0.723. The molecule has 0 atom stereocenters. The van der Waals surface area contributed by atoms with Crippen LogP contribution in [0.3, 0.4) is 0 Å². The van der Waals surface area contributed by atoms with E-state index in [2.05, 4.69) is 15.2 Å². The minimum atomic E-state index is 0.0690. The summed E-state index contributed by atoms with van der Waals surface area (Å²) in [6, 6.07) is 0.681. The zero-order chi connectivity index (χ0) is 13.0. The molecule has 0 aromatic heterocycles. The van der Waals surface area contributed by atoms with E-state index < -0.39 is 0 Å². The van der Waals surface area contributed by atoms with Crippen molar-refractivity contribution in [2.24, 2.45) is 4.99 Å². The fourth-order valence-electron chi connectivity index (χ4n) is 2.29. The van der Waals surface area contributed by atoms with Crippen molar-refractivity contribution in [3.05, 3.63) is 12.3 Å². The summed E-state index contributed by atoms with van der Waals surface area (Å²) in [6.07, 6.45) is 3.50. The van der Waals surface area contributed by atoms with Gasteiger partial charge < -0.3 is 10.2 Å². The Balaban J connectivity index is 1.83. The van der Waals surface area contributed by atoms with Crippen LogP contribution in [0.5, 0.6) is 0 Å². The van der Waals surface area contributed by atoms with Crippen molar-refractivity contribution in [3.8, 4) is 0 Å². The third-order valence-electron chi connectivity index (χ3n) is 3.60. The van der Waals surface area contributed by atoms with Gasteiger partial charge in [0.2, 0.25) is 0 Å². The fourth-order valence-corrected chi connectivity index (χ4v) is 2.29. The highest BCUT2D eigenvalue weighted by Crippen LogP contribution is 2.10. The summed E-state index contributed by atoms with van der Waals surface area (Å²) in [6.45, 7) is 9.46. The second-order valence-electron chi connectivity index (χ2n) is 4.84. The highest BCUT2D eigenvalue weighted by atomic mass is 16.2. The third kappa shape index (κ3) is 2.97. The van der Waals surface area contributed by atoms with Gasteiger partial charge in [-0.25, -0.2) is 0 Å². The van der Waals surface area contributed by atoms with Crippen LogP contribution in [0.25, 0.3) is 0 Å². The fraction of sp³-hybridized carbons (Fsp3) is 0.692. The predicted molar refractivity (Wildman–Crippen MR) is 72.7 cm³/mol. The number of carbonyl (C=O) groups is 1. The van der Waals surface area contributed by atoms with Gasteiger partial charge in [0, 0.05) is 51.5 Å². The lowest BCUT2D eigenvalue weighted by Gasteiger charge is -2.43. The Hall–Kier alpha value is -1.20. The molecular formula is C13H22N4O. The molecule has 0 aliphatic carbocycles. The molecule has 2 rings (SSSR count). The molecule has 0 spiro atoms. The van der Waals surface area contributed by atoms with Gasteiger partial charge in [0.25, 0.3) is 5.91 Å². The van der Waals surface area contributed by atoms with Crippen molar-refractivity contribution < 1.29 is 4.79 Å². The molecule has 0 radical (unpaired) electrons. The molecule has 5 nitrogen and oxygen atoms in total. The van der Waals surface area contributed by atoms with Crippen molar-refractivity contribution >= 4 is 11.6 Å². The summed E-state index contributed by atoms with van der Waals surface area (Å²) in [4.78, 5) is 20.6. The average molecular weight is 250 g/mol. The van der Waals surface area contributed by atoms with Gasteiger partial charge in [-0.3, -0.25) is 14.7 Å². The van der Waals surface area contributed by atoms with E-state index in [1.165, 1.54) is 0 Å². The lowest BCUT2D eigenvalue weighted by Crippen LogP contribution is -2.62. The van der Waals surface area contributed by atoms with Gasteiger partial charge >= 0.3 is 0 Å². The summed E-state index contributed by atoms with van der Waals surface area (Å²) in [7, 11) is 0. The number of hydrogen-bond acceptors (Lipinski definition) is 4. The maximum atomic E-state index is 12.1. The van der Waals surface area contributed by atoms with E-state index in [1.807, 2.05) is 17.9 Å². The van der Waals surface area contributed by atoms with Gasteiger partial charge in [-0.15, -0.1) is 0 Å². The molecule has 0 unspecified atom stereocenters. The summed E-state index contributed by atoms with van der Waals surface area (Å²) in [5.74, 6) is 0.0690. The van der Waals surface area contributed by atoms with Crippen LogP contribution in [0.15, 0.2) is 17.3 Å². The van der Waals surface area contributed by atoms with Crippen LogP contribution in [0, 0.1) is 0 Å². The van der Waals surface area contributed by atoms with Gasteiger partial charge in [0.15, 0.2) is 0 Å². The second-order valence-corrected chi connectivity index (χ2v) is 4.84. The molecular weight excluding hydrogens is 228 g/mol. The topological polar surface area (TPSA) is 47.9 Å². The van der Waals surface area contributed by atoms with E-state index in [0.29, 0.717) is 11.8 Å². The van der Waals surface area contributed by atoms with Crippen LogP contribution in [0.2, 0.25) is 0 Å². The van der Waals surface area contributed by atoms with Crippen molar-refractivity contribution in [2.45, 2.75) is 19.9 Å². The minimum absolute atomic E-state index is 0.0690. The van der Waals surface area contributed by atoms with E-state index in [0.717, 1.165) is 39.3 Å². The summed E-state index contributed by atoms with van der Waals surface area (Å²) >= 11 is 0. The van der Waals surface area contributed by atoms with E-state index in [1.54, 1.807) is 13.1 Å². The second kappa shape index (κ2) is 6.11. The van der Waals surface area contributed by atoms with E-state index in [9.17, 15) is 4.79 Å². The molecule has 2 saturated heterocycles. The first-order valence-electron chi connectivity index (χ1n) is 6.62. The van der Waals surface area contributed by atoms with Gasteiger partial charge in [0.05, 0.1) is 0 Å². The number of hydrogen-bond donors (Lipinski definition) is 1. The first-order chi connectivity index (χ1) is 8.72. The Morgan fingerprint density at radius 2 is 1.94 bits per heavy atom. The maximum absolute atomic E-state index is 12.1. The molecule has 2 heterocycles. The number of allylic oxidation sites excluding steroid dienone is 1. The van der Waals surface area contributed by atoms with Crippen LogP contribution < -0.4 is 5.32 Å². The molecule has 2 aliphatic rings. The molecule has 2 aliphatic heterocycles. The Bertz CT molecular complexity index is 352. The van der Waals surface area contributed by atoms with Crippen molar-refractivity contribution in [3.63, 3.8) is 0 Å². The molecule has 100 valence electrons. The Morgan fingerprint density at radius 3 is 2.44 bits per heavy atom. The van der Waals surface area contributed by atoms with Gasteiger partial charge in [-0.1, -0.05) is 6.08 Å². The summed E-state index contributed by atoms with van der Waals surface area (Å²) in [5.41, 5.74) is 0.576. The highest BCUT2D eigenvalue weighted by Gasteiger charge is 2.29. The summed E-state index contributed by atoms with van der Waals surface area (Å²) in [5, 5.41) is 3.28. The molecule has 1 amide bonds. The monoisotopic (exact) mass is 250 g/mol. The minimum Gasteiger partial charge on any atom is -0.335 e. The Labute approximate surface area is 109 Å². The third-order valence-corrected chi connectivity index (χ3v) is 3.60. The smallest absolute Gasteiger partial charge is 0.268 e. The molecule has 0 saturated carbocycles. The average Bonchev–Trinajstić information content (AvgIpc) is 2.34. The zero-order valence-corrected chi connectivity index (χ0v) is 11.2. The Kier molecular flexibility index (Phi) is 4.49. The zero-order valence-electron chi connectivity index (χ0n) is 11.2. The SMILES string of the molecule is C/C=C\N=C(/C)C(=O)N1CCN(C2CNC2)CC1. The number of nitrogens with zero attached hydrogens (tertiary/aromatic N) is 3. The van der Waals surface area contributed by atoms with Crippen LogP contribution in [-0.4, -0.2) is 66.7 Å². The largest absolute Gasteiger partial charge is 0.335 e. The normalized spacial score (nSPS) is 23.4. The molecule has 18 heavy (non-hydrogen) atoms. The van der Waals surface area contributed by atoms with E-state index in [-0.39, 0.29) is 5.91 Å². The van der Waals surface area contributed by atoms with Crippen LogP contribution in [-0.2, 0) is 4.79 Å². The molecule has 1 N–H and O–H groups in total. The van der Waals surface area contributed by atoms with Crippen LogP contribution in [0.1, 0.15) is 13.8 Å². The van der Waals surface area contributed by atoms with E-state index >= 15 is 0 Å². The molecule has 2 fully saturated rings. The van der Waals surface area contributed by atoms with E-state index in [4.69, 9.17) is 0 Å². The summed E-state index contributed by atoms with van der Waals surface area (Å²) < 4.78 is 0. The standard InChI is InChI=1S/C13H22N4O/c1-3-4-15-11(2)13(18)17-7-5-16(6-8-17)12-9-14-10-12/h3-4,12,14H,5-10H2,1-2H3/b4-3-,15-11+. The molecule has 0 aromatic carbocycles. The van der Waals surface area contributed by atoms with Crippen molar-refractivity contribution in [1.29, 1.82) is 0 Å². The molecule has 0 aromatic rings. The predicted octanol–water partition coefficient (Wildman–Crippen LogP) is 0.0969. The number of aliphatic imine (C=N–C) groups is 1. The maximum Gasteiger partial charge on any atom is 0.268 e. The number of amides is 1. The first-order valence-corrected chi connectivity index (χ1v) is 6.62. The lowest BCUT2D eigenvalue weighted by atomic mass is 10.1. The van der Waals surface area contributed by atoms with Crippen LogP contribution >= 0.6 is 0 Å². The number of piperazine rings is 1. The van der Waals surface area contributed by atoms with Gasteiger partial charge in [-0.2, -0.15) is 0 Å². The number of rotatable bonds is 3. The Morgan fingerprint density at radius 1 is 1.28 bits per heavy atom.